The number of amides is 2. The first-order valence-corrected chi connectivity index (χ1v) is 8.56. The number of hydrazone groups is 1. The highest BCUT2D eigenvalue weighted by Crippen LogP contribution is 2.24. The lowest BCUT2D eigenvalue weighted by Gasteiger charge is -2.11. The van der Waals surface area contributed by atoms with Crippen LogP contribution < -0.4 is 15.5 Å². The van der Waals surface area contributed by atoms with Gasteiger partial charge in [-0.1, -0.05) is 24.3 Å². The monoisotopic (exact) mass is 369 g/mol. The zero-order valence-corrected chi connectivity index (χ0v) is 15.6. The van der Waals surface area contributed by atoms with Crippen molar-refractivity contribution in [2.45, 2.75) is 27.2 Å². The van der Waals surface area contributed by atoms with Crippen LogP contribution in [-0.2, 0) is 4.79 Å². The van der Waals surface area contributed by atoms with E-state index in [0.717, 1.165) is 0 Å². The average molecular weight is 369 g/mol. The number of phenols is 1. The summed E-state index contributed by atoms with van der Waals surface area (Å²) in [5, 5.41) is 16.6. The summed E-state index contributed by atoms with van der Waals surface area (Å²) >= 11 is 0. The number of para-hydroxylation sites is 3. The van der Waals surface area contributed by atoms with Crippen LogP contribution in [0.15, 0.2) is 47.6 Å². The second-order valence-electron chi connectivity index (χ2n) is 5.91. The van der Waals surface area contributed by atoms with E-state index >= 15 is 0 Å². The maximum Gasteiger partial charge on any atom is 0.275 e. The van der Waals surface area contributed by atoms with Crippen LogP contribution in [0.25, 0.3) is 0 Å². The molecule has 2 aromatic rings. The molecule has 2 aromatic carbocycles. The van der Waals surface area contributed by atoms with Crippen molar-refractivity contribution < 1.29 is 19.4 Å². The second-order valence-corrected chi connectivity index (χ2v) is 5.91. The summed E-state index contributed by atoms with van der Waals surface area (Å²) in [4.78, 5) is 24.3. The highest BCUT2D eigenvalue weighted by Gasteiger charge is 2.13. The SMILES string of the molecule is CCOc1ccccc1NC(=O)C/C(C)=N\NC(=O)c1cccc(C)c1O. The number of aromatic hydroxyl groups is 1. The fourth-order valence-corrected chi connectivity index (χ4v) is 2.37. The van der Waals surface area contributed by atoms with E-state index in [0.29, 0.717) is 29.3 Å². The molecule has 27 heavy (non-hydrogen) atoms. The highest BCUT2D eigenvalue weighted by molar-refractivity contribution is 6.06. The van der Waals surface area contributed by atoms with Gasteiger partial charge in [0.05, 0.1) is 24.3 Å². The molecule has 142 valence electrons. The van der Waals surface area contributed by atoms with Crippen LogP contribution in [0, 0.1) is 6.92 Å². The van der Waals surface area contributed by atoms with Gasteiger partial charge in [0.25, 0.3) is 5.91 Å². The molecule has 2 rings (SSSR count). The Labute approximate surface area is 158 Å². The van der Waals surface area contributed by atoms with Gasteiger partial charge in [-0.15, -0.1) is 0 Å². The number of anilines is 1. The first-order valence-electron chi connectivity index (χ1n) is 8.56. The van der Waals surface area contributed by atoms with Crippen molar-refractivity contribution >= 4 is 23.2 Å². The van der Waals surface area contributed by atoms with Gasteiger partial charge in [-0.25, -0.2) is 5.43 Å². The largest absolute Gasteiger partial charge is 0.507 e. The molecule has 0 saturated carbocycles. The molecule has 0 unspecified atom stereocenters. The Morgan fingerprint density at radius 2 is 1.89 bits per heavy atom. The van der Waals surface area contributed by atoms with Crippen LogP contribution in [0.5, 0.6) is 11.5 Å². The molecule has 7 nitrogen and oxygen atoms in total. The molecule has 3 N–H and O–H groups in total. The maximum absolute atomic E-state index is 12.2. The molecule has 0 aliphatic carbocycles. The summed E-state index contributed by atoms with van der Waals surface area (Å²) < 4.78 is 5.47. The normalized spacial score (nSPS) is 11.0. The molecule has 0 fully saturated rings. The number of phenolic OH excluding ortho intramolecular Hbond substituents is 1. The summed E-state index contributed by atoms with van der Waals surface area (Å²) in [5.74, 6) is -0.326. The molecule has 0 spiro atoms. The first kappa shape index (κ1) is 20.0. The van der Waals surface area contributed by atoms with E-state index in [1.165, 1.54) is 6.07 Å². The minimum atomic E-state index is -0.544. The molecule has 0 saturated heterocycles. The van der Waals surface area contributed by atoms with Gasteiger partial charge in [0.15, 0.2) is 0 Å². The zero-order chi connectivity index (χ0) is 19.8. The number of aryl methyl sites for hydroxylation is 1. The molecule has 0 aromatic heterocycles. The fourth-order valence-electron chi connectivity index (χ4n) is 2.37. The topological polar surface area (TPSA) is 100 Å². The molecule has 0 aliphatic rings. The Bertz CT molecular complexity index is 862. The van der Waals surface area contributed by atoms with Gasteiger partial charge in [0.2, 0.25) is 5.91 Å². The van der Waals surface area contributed by atoms with Crippen molar-refractivity contribution in [3.63, 3.8) is 0 Å². The van der Waals surface area contributed by atoms with Crippen molar-refractivity contribution in [3.05, 3.63) is 53.6 Å². The van der Waals surface area contributed by atoms with Gasteiger partial charge >= 0.3 is 0 Å². The van der Waals surface area contributed by atoms with Crippen LogP contribution in [0.1, 0.15) is 36.2 Å². The van der Waals surface area contributed by atoms with Crippen molar-refractivity contribution in [2.75, 3.05) is 11.9 Å². The summed E-state index contributed by atoms with van der Waals surface area (Å²) in [7, 11) is 0. The van der Waals surface area contributed by atoms with E-state index in [2.05, 4.69) is 15.8 Å². The number of benzene rings is 2. The lowest BCUT2D eigenvalue weighted by Crippen LogP contribution is -2.21. The smallest absolute Gasteiger partial charge is 0.275 e. The van der Waals surface area contributed by atoms with Crippen molar-refractivity contribution in [1.29, 1.82) is 0 Å². The number of carbonyl (C=O) groups is 2. The third kappa shape index (κ3) is 5.57. The summed E-state index contributed by atoms with van der Waals surface area (Å²) in [6, 6.07) is 12.0. The minimum absolute atomic E-state index is 0.000535. The second kappa shape index (κ2) is 9.38. The van der Waals surface area contributed by atoms with E-state index in [1.54, 1.807) is 44.2 Å². The van der Waals surface area contributed by atoms with Gasteiger partial charge in [-0.2, -0.15) is 5.10 Å². The van der Waals surface area contributed by atoms with Gasteiger partial charge in [0, 0.05) is 5.71 Å². The summed E-state index contributed by atoms with van der Waals surface area (Å²) in [6.07, 6.45) is 0.000535. The van der Waals surface area contributed by atoms with Crippen molar-refractivity contribution in [2.24, 2.45) is 5.10 Å². The minimum Gasteiger partial charge on any atom is -0.507 e. The van der Waals surface area contributed by atoms with Gasteiger partial charge in [0.1, 0.15) is 11.5 Å². The zero-order valence-electron chi connectivity index (χ0n) is 15.6. The number of hydrogen-bond donors (Lipinski definition) is 3. The third-order valence-electron chi connectivity index (χ3n) is 3.71. The van der Waals surface area contributed by atoms with E-state index in [1.807, 2.05) is 13.0 Å². The molecular weight excluding hydrogens is 346 g/mol. The summed E-state index contributed by atoms with van der Waals surface area (Å²) in [6.45, 7) is 5.69. The van der Waals surface area contributed by atoms with E-state index in [4.69, 9.17) is 4.74 Å². The molecule has 0 aliphatic heterocycles. The molecule has 0 bridgehead atoms. The predicted octanol–water partition coefficient (Wildman–Crippen LogP) is 3.23. The van der Waals surface area contributed by atoms with Gasteiger partial charge in [-0.3, -0.25) is 9.59 Å². The quantitative estimate of drug-likeness (QED) is 0.515. The van der Waals surface area contributed by atoms with Gasteiger partial charge < -0.3 is 15.2 Å². The fraction of sp³-hybridized carbons (Fsp3) is 0.250. The molecule has 0 radical (unpaired) electrons. The highest BCUT2D eigenvalue weighted by atomic mass is 16.5. The van der Waals surface area contributed by atoms with Crippen LogP contribution in [0.2, 0.25) is 0 Å². The Kier molecular flexibility index (Phi) is 6.93. The molecular formula is C20H23N3O4. The Morgan fingerprint density at radius 3 is 2.63 bits per heavy atom. The number of ether oxygens (including phenoxy) is 1. The molecule has 0 heterocycles. The van der Waals surface area contributed by atoms with Crippen LogP contribution in [0.4, 0.5) is 5.69 Å². The van der Waals surface area contributed by atoms with Crippen LogP contribution >= 0.6 is 0 Å². The number of rotatable bonds is 7. The third-order valence-corrected chi connectivity index (χ3v) is 3.71. The summed E-state index contributed by atoms with van der Waals surface area (Å²) in [5.41, 5.74) is 4.07. The average Bonchev–Trinajstić information content (AvgIpc) is 2.64. The van der Waals surface area contributed by atoms with Crippen LogP contribution in [-0.4, -0.2) is 29.2 Å². The molecule has 7 heteroatoms. The Hall–Kier alpha value is -3.35. The Balaban J connectivity index is 1.96. The van der Waals surface area contributed by atoms with Gasteiger partial charge in [-0.05, 0) is 44.5 Å². The predicted molar refractivity (Wildman–Crippen MR) is 104 cm³/mol. The maximum atomic E-state index is 12.2. The number of hydrogen-bond acceptors (Lipinski definition) is 5. The Morgan fingerprint density at radius 1 is 1.15 bits per heavy atom. The van der Waals surface area contributed by atoms with Crippen molar-refractivity contribution in [3.8, 4) is 11.5 Å². The molecule has 2 amide bonds. The first-order chi connectivity index (χ1) is 12.9. The number of nitrogens with one attached hydrogen (secondary N) is 2. The van der Waals surface area contributed by atoms with Crippen LogP contribution in [0.3, 0.4) is 0 Å². The van der Waals surface area contributed by atoms with Crippen molar-refractivity contribution in [1.82, 2.24) is 5.43 Å². The standard InChI is InChI=1S/C20H23N3O4/c1-4-27-17-11-6-5-10-16(17)21-18(24)12-14(3)22-23-20(26)15-9-7-8-13(2)19(15)25/h5-11,25H,4,12H2,1-3H3,(H,21,24)(H,23,26)/b22-14-. The van der Waals surface area contributed by atoms with E-state index < -0.39 is 5.91 Å². The number of carbonyl (C=O) groups excluding carboxylic acids is 2. The lowest BCUT2D eigenvalue weighted by atomic mass is 10.1. The number of nitrogens with zero attached hydrogens (tertiary/aromatic N) is 1. The van der Waals surface area contributed by atoms with E-state index in [-0.39, 0.29) is 23.6 Å². The molecule has 0 atom stereocenters. The lowest BCUT2D eigenvalue weighted by molar-refractivity contribution is -0.115. The van der Waals surface area contributed by atoms with E-state index in [9.17, 15) is 14.7 Å².